The first-order valence-electron chi connectivity index (χ1n) is 4.74. The molecule has 0 unspecified atom stereocenters. The highest BCUT2D eigenvalue weighted by Gasteiger charge is 2.21. The number of ether oxygens (including phenoxy) is 1. The molecule has 0 bridgehead atoms. The lowest BCUT2D eigenvalue weighted by atomic mass is 9.92. The minimum absolute atomic E-state index is 0.304. The van der Waals surface area contributed by atoms with E-state index in [1.807, 2.05) is 11.4 Å². The number of rotatable bonds is 2. The summed E-state index contributed by atoms with van der Waals surface area (Å²) in [6, 6.07) is 2.01. The predicted molar refractivity (Wildman–Crippen MR) is 55.6 cm³/mol. The van der Waals surface area contributed by atoms with E-state index < -0.39 is 0 Å². The van der Waals surface area contributed by atoms with E-state index in [0.717, 1.165) is 36.5 Å². The Kier molecular flexibility index (Phi) is 2.84. The second kappa shape index (κ2) is 4.11. The van der Waals surface area contributed by atoms with Gasteiger partial charge in [-0.15, -0.1) is 11.3 Å². The van der Waals surface area contributed by atoms with E-state index >= 15 is 0 Å². The molecule has 1 fully saturated rings. The third-order valence-corrected chi connectivity index (χ3v) is 3.53. The van der Waals surface area contributed by atoms with Gasteiger partial charge in [-0.05, 0) is 35.8 Å². The average molecular weight is 211 g/mol. The van der Waals surface area contributed by atoms with Gasteiger partial charge in [0.1, 0.15) is 0 Å². The van der Waals surface area contributed by atoms with Crippen LogP contribution >= 0.6 is 11.3 Å². The Morgan fingerprint density at radius 1 is 1.50 bits per heavy atom. The van der Waals surface area contributed by atoms with Gasteiger partial charge >= 0.3 is 0 Å². The molecule has 14 heavy (non-hydrogen) atoms. The summed E-state index contributed by atoms with van der Waals surface area (Å²) in [5, 5.41) is 1.94. The van der Waals surface area contributed by atoms with Gasteiger partial charge in [-0.1, -0.05) is 0 Å². The monoisotopic (exact) mass is 211 g/mol. The van der Waals surface area contributed by atoms with Crippen molar-refractivity contribution in [3.63, 3.8) is 0 Å². The van der Waals surface area contributed by atoms with Gasteiger partial charge in [-0.3, -0.25) is 4.79 Å². The van der Waals surface area contributed by atoms with Gasteiger partial charge in [0.15, 0.2) is 0 Å². The van der Waals surface area contributed by atoms with Gasteiger partial charge in [0.25, 0.3) is 5.91 Å². The minimum atomic E-state index is -0.304. The van der Waals surface area contributed by atoms with Gasteiger partial charge in [0, 0.05) is 13.2 Å². The van der Waals surface area contributed by atoms with Crippen LogP contribution in [0.5, 0.6) is 0 Å². The zero-order valence-corrected chi connectivity index (χ0v) is 8.68. The van der Waals surface area contributed by atoms with Crippen LogP contribution in [0.2, 0.25) is 0 Å². The molecule has 1 aliphatic heterocycles. The van der Waals surface area contributed by atoms with E-state index in [9.17, 15) is 4.79 Å². The molecular formula is C10H13NO2S. The first kappa shape index (κ1) is 9.68. The van der Waals surface area contributed by atoms with Crippen molar-refractivity contribution in [3.05, 3.63) is 21.9 Å². The zero-order chi connectivity index (χ0) is 9.97. The molecule has 1 amide bonds. The first-order valence-corrected chi connectivity index (χ1v) is 5.62. The van der Waals surface area contributed by atoms with E-state index in [1.165, 1.54) is 11.3 Å². The lowest BCUT2D eigenvalue weighted by molar-refractivity contribution is 0.0846. The molecule has 0 saturated carbocycles. The topological polar surface area (TPSA) is 52.3 Å². The summed E-state index contributed by atoms with van der Waals surface area (Å²) in [5.41, 5.74) is 6.42. The van der Waals surface area contributed by atoms with Gasteiger partial charge < -0.3 is 10.5 Å². The fourth-order valence-electron chi connectivity index (χ4n) is 1.85. The lowest BCUT2D eigenvalue weighted by Gasteiger charge is -2.21. The molecule has 2 rings (SSSR count). The van der Waals surface area contributed by atoms with Crippen molar-refractivity contribution in [2.75, 3.05) is 13.2 Å². The van der Waals surface area contributed by atoms with Crippen molar-refractivity contribution >= 4 is 17.2 Å². The summed E-state index contributed by atoms with van der Waals surface area (Å²) < 4.78 is 5.29. The number of nitrogens with two attached hydrogens (primary N) is 1. The largest absolute Gasteiger partial charge is 0.381 e. The third-order valence-electron chi connectivity index (χ3n) is 2.58. The summed E-state index contributed by atoms with van der Waals surface area (Å²) in [4.78, 5) is 11.8. The highest BCUT2D eigenvalue weighted by atomic mass is 32.1. The molecular weight excluding hydrogens is 198 g/mol. The van der Waals surface area contributed by atoms with Crippen molar-refractivity contribution in [2.45, 2.75) is 18.8 Å². The van der Waals surface area contributed by atoms with Gasteiger partial charge in [0.2, 0.25) is 0 Å². The second-order valence-corrected chi connectivity index (χ2v) is 4.37. The predicted octanol–water partition coefficient (Wildman–Crippen LogP) is 1.74. The summed E-state index contributed by atoms with van der Waals surface area (Å²) >= 11 is 1.44. The fraction of sp³-hybridized carbons (Fsp3) is 0.500. The summed E-state index contributed by atoms with van der Waals surface area (Å²) in [6.07, 6.45) is 1.99. The molecule has 76 valence electrons. The third kappa shape index (κ3) is 1.81. The summed E-state index contributed by atoms with van der Waals surface area (Å²) in [7, 11) is 0. The van der Waals surface area contributed by atoms with Crippen molar-refractivity contribution in [2.24, 2.45) is 5.73 Å². The summed E-state index contributed by atoms with van der Waals surface area (Å²) in [5.74, 6) is 0.152. The molecule has 0 radical (unpaired) electrons. The number of thiophene rings is 1. The van der Waals surface area contributed by atoms with Crippen LogP contribution in [0.1, 0.15) is 34.0 Å². The van der Waals surface area contributed by atoms with Crippen molar-refractivity contribution in [3.8, 4) is 0 Å². The van der Waals surface area contributed by atoms with Gasteiger partial charge in [-0.25, -0.2) is 0 Å². The van der Waals surface area contributed by atoms with Crippen molar-refractivity contribution in [1.82, 2.24) is 0 Å². The smallest absolute Gasteiger partial charge is 0.259 e. The molecule has 1 aromatic heterocycles. The quantitative estimate of drug-likeness (QED) is 0.810. The Balaban J connectivity index is 2.21. The minimum Gasteiger partial charge on any atom is -0.381 e. The first-order chi connectivity index (χ1) is 6.79. The number of carbonyl (C=O) groups excluding carboxylic acids is 1. The van der Waals surface area contributed by atoms with Crippen LogP contribution in [0.3, 0.4) is 0 Å². The van der Waals surface area contributed by atoms with Crippen molar-refractivity contribution < 1.29 is 9.53 Å². The highest BCUT2D eigenvalue weighted by Crippen LogP contribution is 2.31. The van der Waals surface area contributed by atoms with Crippen LogP contribution in [0.25, 0.3) is 0 Å². The van der Waals surface area contributed by atoms with Crippen LogP contribution in [0.4, 0.5) is 0 Å². The average Bonchev–Trinajstić information content (AvgIpc) is 2.67. The Morgan fingerprint density at radius 2 is 2.21 bits per heavy atom. The number of amides is 1. The molecule has 3 nitrogen and oxygen atoms in total. The Morgan fingerprint density at radius 3 is 2.86 bits per heavy atom. The number of primary amides is 1. The zero-order valence-electron chi connectivity index (χ0n) is 7.86. The van der Waals surface area contributed by atoms with Crippen LogP contribution in [-0.2, 0) is 4.74 Å². The number of hydrogen-bond acceptors (Lipinski definition) is 3. The van der Waals surface area contributed by atoms with E-state index in [1.54, 1.807) is 0 Å². The molecule has 2 heterocycles. The molecule has 0 aliphatic carbocycles. The maximum atomic E-state index is 11.1. The number of hydrogen-bond donors (Lipinski definition) is 1. The summed E-state index contributed by atoms with van der Waals surface area (Å²) in [6.45, 7) is 1.58. The van der Waals surface area contributed by atoms with Crippen molar-refractivity contribution in [1.29, 1.82) is 0 Å². The Labute approximate surface area is 86.9 Å². The Hall–Kier alpha value is -0.870. The molecule has 1 aromatic rings. The highest BCUT2D eigenvalue weighted by molar-refractivity contribution is 7.12. The second-order valence-electron chi connectivity index (χ2n) is 3.46. The van der Waals surface area contributed by atoms with Gasteiger partial charge in [0.05, 0.1) is 4.88 Å². The molecule has 0 aromatic carbocycles. The molecule has 0 spiro atoms. The van der Waals surface area contributed by atoms with Crippen LogP contribution in [0.15, 0.2) is 11.4 Å². The van der Waals surface area contributed by atoms with Crippen LogP contribution in [-0.4, -0.2) is 19.1 Å². The lowest BCUT2D eigenvalue weighted by Crippen LogP contribution is -2.18. The Bertz CT molecular complexity index is 329. The van der Waals surface area contributed by atoms with Crippen LogP contribution < -0.4 is 5.73 Å². The molecule has 4 heteroatoms. The maximum absolute atomic E-state index is 11.1. The van der Waals surface area contributed by atoms with Crippen LogP contribution in [0, 0.1) is 0 Å². The fourth-order valence-corrected chi connectivity index (χ4v) is 2.69. The van der Waals surface area contributed by atoms with Gasteiger partial charge in [-0.2, -0.15) is 0 Å². The SMILES string of the molecule is NC(=O)c1sccc1C1CCOCC1. The standard InChI is InChI=1S/C10H13NO2S/c11-10(12)9-8(3-6-14-9)7-1-4-13-5-2-7/h3,6-7H,1-2,4-5H2,(H2,11,12). The molecule has 2 N–H and O–H groups in total. The van der Waals surface area contributed by atoms with E-state index in [0.29, 0.717) is 5.92 Å². The molecule has 1 aliphatic rings. The van der Waals surface area contributed by atoms with E-state index in [4.69, 9.17) is 10.5 Å². The van der Waals surface area contributed by atoms with E-state index in [2.05, 4.69) is 0 Å². The number of carbonyl (C=O) groups is 1. The maximum Gasteiger partial charge on any atom is 0.259 e. The normalized spacial score (nSPS) is 18.3. The van der Waals surface area contributed by atoms with E-state index in [-0.39, 0.29) is 5.91 Å². The molecule has 0 atom stereocenters. The molecule has 1 saturated heterocycles.